The van der Waals surface area contributed by atoms with Crippen molar-refractivity contribution in [3.8, 4) is 11.4 Å². The summed E-state index contributed by atoms with van der Waals surface area (Å²) in [5, 5.41) is 7.87. The van der Waals surface area contributed by atoms with E-state index in [4.69, 9.17) is 17.0 Å². The number of rotatable bonds is 6. The molecular formula is C20H21N5OS. The van der Waals surface area contributed by atoms with Crippen molar-refractivity contribution >= 4 is 28.7 Å². The molecule has 0 unspecified atom stereocenters. The van der Waals surface area contributed by atoms with Crippen LogP contribution in [0.3, 0.4) is 0 Å². The molecule has 138 valence electrons. The van der Waals surface area contributed by atoms with Crippen LogP contribution in [0.5, 0.6) is 5.75 Å². The first-order chi connectivity index (χ1) is 13.2. The summed E-state index contributed by atoms with van der Waals surface area (Å²) in [5.74, 6) is 0.829. The van der Waals surface area contributed by atoms with Gasteiger partial charge in [-0.2, -0.15) is 5.10 Å². The first-order valence-electron chi connectivity index (χ1n) is 8.58. The lowest BCUT2D eigenvalue weighted by atomic mass is 10.1. The largest absolute Gasteiger partial charge is 0.494 e. The number of nitrogens with one attached hydrogen (secondary N) is 2. The molecule has 27 heavy (non-hydrogen) atoms. The minimum Gasteiger partial charge on any atom is -0.494 e. The number of nitrogens with zero attached hydrogens (tertiary/aromatic N) is 3. The SMILES string of the molecule is CCOc1ccc(NC(=S)N/N=C(/C)c2ccc(-n3ccnc3)cc2)cc1. The predicted octanol–water partition coefficient (Wildman–Crippen LogP) is 3.98. The Morgan fingerprint density at radius 2 is 1.89 bits per heavy atom. The van der Waals surface area contributed by atoms with Gasteiger partial charge in [-0.15, -0.1) is 0 Å². The zero-order valence-electron chi connectivity index (χ0n) is 15.2. The molecule has 3 aromatic rings. The van der Waals surface area contributed by atoms with E-state index in [9.17, 15) is 0 Å². The number of ether oxygens (including phenoxy) is 1. The van der Waals surface area contributed by atoms with Crippen LogP contribution in [0.4, 0.5) is 5.69 Å². The van der Waals surface area contributed by atoms with E-state index in [0.29, 0.717) is 11.7 Å². The number of imidazole rings is 1. The van der Waals surface area contributed by atoms with Crippen LogP contribution in [0.15, 0.2) is 72.4 Å². The summed E-state index contributed by atoms with van der Waals surface area (Å²) in [4.78, 5) is 4.05. The van der Waals surface area contributed by atoms with E-state index in [1.165, 1.54) is 0 Å². The zero-order chi connectivity index (χ0) is 19.1. The van der Waals surface area contributed by atoms with Crippen LogP contribution in [0.1, 0.15) is 19.4 Å². The average Bonchev–Trinajstić information content (AvgIpc) is 3.23. The standard InChI is InChI=1S/C20H21N5OS/c1-3-26-19-10-6-17(7-11-19)22-20(27)24-23-15(2)16-4-8-18(9-5-16)25-13-12-21-14-25/h4-14H,3H2,1-2H3,(H2,22,24,27)/b23-15-. The topological polar surface area (TPSA) is 63.5 Å². The van der Waals surface area contributed by atoms with Crippen LogP contribution < -0.4 is 15.5 Å². The predicted molar refractivity (Wildman–Crippen MR) is 113 cm³/mol. The second-order valence-electron chi connectivity index (χ2n) is 5.74. The molecule has 7 heteroatoms. The second-order valence-corrected chi connectivity index (χ2v) is 6.15. The third kappa shape index (κ3) is 5.15. The summed E-state index contributed by atoms with van der Waals surface area (Å²) >= 11 is 5.29. The Morgan fingerprint density at radius 3 is 2.52 bits per heavy atom. The number of thiocarbonyl (C=S) groups is 1. The summed E-state index contributed by atoms with van der Waals surface area (Å²) in [6.07, 6.45) is 5.42. The Hall–Kier alpha value is -3.19. The molecule has 0 saturated carbocycles. The van der Waals surface area contributed by atoms with Crippen molar-refractivity contribution in [1.29, 1.82) is 0 Å². The van der Waals surface area contributed by atoms with Crippen LogP contribution in [0.25, 0.3) is 5.69 Å². The zero-order valence-corrected chi connectivity index (χ0v) is 16.0. The van der Waals surface area contributed by atoms with Gasteiger partial charge in [0.15, 0.2) is 5.11 Å². The first-order valence-corrected chi connectivity index (χ1v) is 8.99. The maximum absolute atomic E-state index is 5.42. The molecular weight excluding hydrogens is 358 g/mol. The van der Waals surface area contributed by atoms with E-state index < -0.39 is 0 Å². The molecule has 0 aliphatic carbocycles. The summed E-state index contributed by atoms with van der Waals surface area (Å²) in [7, 11) is 0. The van der Waals surface area contributed by atoms with Gasteiger partial charge in [-0.3, -0.25) is 5.43 Å². The van der Waals surface area contributed by atoms with Crippen molar-refractivity contribution in [2.75, 3.05) is 11.9 Å². The molecule has 0 radical (unpaired) electrons. The molecule has 0 spiro atoms. The van der Waals surface area contributed by atoms with Gasteiger partial charge in [0, 0.05) is 23.8 Å². The van der Waals surface area contributed by atoms with E-state index in [1.54, 1.807) is 12.5 Å². The molecule has 6 nitrogen and oxygen atoms in total. The van der Waals surface area contributed by atoms with Gasteiger partial charge in [0.25, 0.3) is 0 Å². The number of anilines is 1. The Morgan fingerprint density at radius 1 is 1.15 bits per heavy atom. The van der Waals surface area contributed by atoms with Crippen LogP contribution in [0, 0.1) is 0 Å². The third-order valence-corrected chi connectivity index (χ3v) is 4.03. The van der Waals surface area contributed by atoms with Gasteiger partial charge < -0.3 is 14.6 Å². The number of aromatic nitrogens is 2. The molecule has 0 saturated heterocycles. The first kappa shape index (κ1) is 18.6. The lowest BCUT2D eigenvalue weighted by Gasteiger charge is -2.09. The molecule has 0 aliphatic heterocycles. The second kappa shape index (κ2) is 8.95. The molecule has 3 rings (SSSR count). The molecule has 0 aliphatic rings. The number of benzene rings is 2. The molecule has 0 atom stereocenters. The molecule has 2 N–H and O–H groups in total. The van der Waals surface area contributed by atoms with Gasteiger partial charge in [0.2, 0.25) is 0 Å². The Bertz CT molecular complexity index is 903. The molecule has 1 heterocycles. The summed E-state index contributed by atoms with van der Waals surface area (Å²) in [6, 6.07) is 15.7. The van der Waals surface area contributed by atoms with Gasteiger partial charge in [0.05, 0.1) is 18.6 Å². The fourth-order valence-corrected chi connectivity index (χ4v) is 2.61. The lowest BCUT2D eigenvalue weighted by molar-refractivity contribution is 0.340. The smallest absolute Gasteiger partial charge is 0.191 e. The molecule has 0 amide bonds. The van der Waals surface area contributed by atoms with Crippen LogP contribution in [0.2, 0.25) is 0 Å². The molecule has 0 bridgehead atoms. The van der Waals surface area contributed by atoms with Gasteiger partial charge >= 0.3 is 0 Å². The van der Waals surface area contributed by atoms with Crippen molar-refractivity contribution < 1.29 is 4.74 Å². The third-order valence-electron chi connectivity index (χ3n) is 3.84. The van der Waals surface area contributed by atoms with Gasteiger partial charge in [0.1, 0.15) is 5.75 Å². The van der Waals surface area contributed by atoms with E-state index >= 15 is 0 Å². The summed E-state index contributed by atoms with van der Waals surface area (Å²) in [5.41, 5.74) is 6.63. The number of hydrogen-bond donors (Lipinski definition) is 2. The Balaban J connectivity index is 1.57. The summed E-state index contributed by atoms with van der Waals surface area (Å²) in [6.45, 7) is 4.53. The van der Waals surface area contributed by atoms with Crippen LogP contribution in [-0.4, -0.2) is 27.0 Å². The van der Waals surface area contributed by atoms with Crippen LogP contribution in [-0.2, 0) is 0 Å². The minimum atomic E-state index is 0.425. The lowest BCUT2D eigenvalue weighted by Crippen LogP contribution is -2.24. The number of hydrogen-bond acceptors (Lipinski definition) is 4. The minimum absolute atomic E-state index is 0.425. The van der Waals surface area contributed by atoms with Gasteiger partial charge in [-0.05, 0) is 68.0 Å². The quantitative estimate of drug-likeness (QED) is 0.385. The maximum atomic E-state index is 5.42. The average molecular weight is 379 g/mol. The van der Waals surface area contributed by atoms with Crippen molar-refractivity contribution in [3.05, 3.63) is 72.8 Å². The van der Waals surface area contributed by atoms with Crippen molar-refractivity contribution in [2.24, 2.45) is 5.10 Å². The molecule has 0 fully saturated rings. The van der Waals surface area contributed by atoms with E-state index in [2.05, 4.69) is 20.8 Å². The molecule has 1 aromatic heterocycles. The normalized spacial score (nSPS) is 11.1. The van der Waals surface area contributed by atoms with Crippen LogP contribution >= 0.6 is 12.2 Å². The van der Waals surface area contributed by atoms with Gasteiger partial charge in [-0.25, -0.2) is 4.98 Å². The Labute approximate surface area is 163 Å². The molecule has 2 aromatic carbocycles. The van der Waals surface area contributed by atoms with E-state index in [-0.39, 0.29) is 0 Å². The Kier molecular flexibility index (Phi) is 6.17. The van der Waals surface area contributed by atoms with Crippen molar-refractivity contribution in [1.82, 2.24) is 15.0 Å². The van der Waals surface area contributed by atoms with Crippen molar-refractivity contribution in [2.45, 2.75) is 13.8 Å². The maximum Gasteiger partial charge on any atom is 0.191 e. The monoisotopic (exact) mass is 379 g/mol. The van der Waals surface area contributed by atoms with Gasteiger partial charge in [-0.1, -0.05) is 12.1 Å². The highest BCUT2D eigenvalue weighted by atomic mass is 32.1. The summed E-state index contributed by atoms with van der Waals surface area (Å²) < 4.78 is 7.37. The highest BCUT2D eigenvalue weighted by Crippen LogP contribution is 2.15. The highest BCUT2D eigenvalue weighted by molar-refractivity contribution is 7.80. The highest BCUT2D eigenvalue weighted by Gasteiger charge is 2.01. The van der Waals surface area contributed by atoms with E-state index in [1.807, 2.05) is 73.1 Å². The fourth-order valence-electron chi connectivity index (χ4n) is 2.45. The van der Waals surface area contributed by atoms with E-state index in [0.717, 1.165) is 28.4 Å². The number of hydrazone groups is 1. The van der Waals surface area contributed by atoms with Crippen molar-refractivity contribution in [3.63, 3.8) is 0 Å². The fraction of sp³-hybridized carbons (Fsp3) is 0.150.